The van der Waals surface area contributed by atoms with Crippen LogP contribution in [0.4, 0.5) is 10.5 Å². The Morgan fingerprint density at radius 1 is 1.26 bits per heavy atom. The van der Waals surface area contributed by atoms with E-state index >= 15 is 0 Å². The van der Waals surface area contributed by atoms with Gasteiger partial charge in [0, 0.05) is 24.2 Å². The third-order valence-corrected chi connectivity index (χ3v) is 5.94. The molecule has 3 aromatic rings. The fourth-order valence-corrected chi connectivity index (χ4v) is 4.04. The van der Waals surface area contributed by atoms with Crippen LogP contribution in [0, 0.1) is 0 Å². The highest BCUT2D eigenvalue weighted by molar-refractivity contribution is 6.33. The third-order valence-electron chi connectivity index (χ3n) is 5.61. The maximum atomic E-state index is 13.1. The second-order valence-corrected chi connectivity index (χ2v) is 8.23. The van der Waals surface area contributed by atoms with Crippen LogP contribution in [0.5, 0.6) is 0 Å². The highest BCUT2D eigenvalue weighted by atomic mass is 35.5. The molecular weight excluding hydrogens is 414 g/mol. The van der Waals surface area contributed by atoms with E-state index in [4.69, 9.17) is 16.3 Å². The average Bonchev–Trinajstić information content (AvgIpc) is 3.28. The fourth-order valence-electron chi connectivity index (χ4n) is 3.85. The van der Waals surface area contributed by atoms with Crippen molar-refractivity contribution in [2.45, 2.75) is 38.8 Å². The van der Waals surface area contributed by atoms with Crippen LogP contribution in [0.1, 0.15) is 30.9 Å². The Balaban J connectivity index is 1.62. The lowest BCUT2D eigenvalue weighted by Gasteiger charge is -2.26. The van der Waals surface area contributed by atoms with Crippen molar-refractivity contribution in [1.82, 2.24) is 9.88 Å². The number of para-hydroxylation sites is 1. The summed E-state index contributed by atoms with van der Waals surface area (Å²) in [6.45, 7) is 3.37. The largest absolute Gasteiger partial charge is 0.376 e. The first-order valence-electron chi connectivity index (χ1n) is 10.6. The molecule has 2 N–H and O–H groups in total. The minimum absolute atomic E-state index is 0.0387. The number of hydrogen-bond donors (Lipinski definition) is 2. The Hall–Kier alpha value is -2.83. The van der Waals surface area contributed by atoms with E-state index in [0.717, 1.165) is 30.2 Å². The van der Waals surface area contributed by atoms with Crippen molar-refractivity contribution in [3.63, 3.8) is 0 Å². The van der Waals surface area contributed by atoms with Crippen molar-refractivity contribution in [3.05, 3.63) is 75.0 Å². The molecule has 1 aromatic heterocycles. The summed E-state index contributed by atoms with van der Waals surface area (Å²) in [6, 6.07) is 14.7. The molecule has 0 saturated carbocycles. The number of rotatable bonds is 6. The van der Waals surface area contributed by atoms with Crippen LogP contribution in [-0.4, -0.2) is 35.2 Å². The molecule has 7 heteroatoms. The van der Waals surface area contributed by atoms with Gasteiger partial charge in [-0.15, -0.1) is 0 Å². The molecular formula is C24H26ClN3O3. The van der Waals surface area contributed by atoms with E-state index in [1.165, 1.54) is 5.56 Å². The molecule has 0 spiro atoms. The zero-order valence-corrected chi connectivity index (χ0v) is 18.2. The summed E-state index contributed by atoms with van der Waals surface area (Å²) in [5.41, 5.74) is 2.86. The van der Waals surface area contributed by atoms with Crippen molar-refractivity contribution in [2.75, 3.05) is 18.5 Å². The maximum Gasteiger partial charge on any atom is 0.322 e. The van der Waals surface area contributed by atoms with Crippen molar-refractivity contribution in [1.29, 1.82) is 0 Å². The fraction of sp³-hybridized carbons (Fsp3) is 0.333. The molecule has 4 rings (SSSR count). The molecule has 0 bridgehead atoms. The Kier molecular flexibility index (Phi) is 6.59. The van der Waals surface area contributed by atoms with E-state index < -0.39 is 0 Å². The van der Waals surface area contributed by atoms with Crippen molar-refractivity contribution in [2.24, 2.45) is 0 Å². The number of benzene rings is 2. The molecule has 1 saturated heterocycles. The van der Waals surface area contributed by atoms with Crippen LogP contribution in [0.15, 0.2) is 53.3 Å². The topological polar surface area (TPSA) is 74.4 Å². The number of nitrogens with one attached hydrogen (secondary N) is 2. The van der Waals surface area contributed by atoms with Gasteiger partial charge in [-0.05, 0) is 60.5 Å². The molecule has 2 aromatic carbocycles. The molecule has 1 aliphatic rings. The van der Waals surface area contributed by atoms with Crippen LogP contribution in [0.3, 0.4) is 0 Å². The summed E-state index contributed by atoms with van der Waals surface area (Å²) < 4.78 is 5.74. The average molecular weight is 440 g/mol. The molecule has 2 amide bonds. The highest BCUT2D eigenvalue weighted by Crippen LogP contribution is 2.22. The smallest absolute Gasteiger partial charge is 0.322 e. The van der Waals surface area contributed by atoms with Gasteiger partial charge in [0.15, 0.2) is 0 Å². The molecule has 2 heterocycles. The summed E-state index contributed by atoms with van der Waals surface area (Å²) in [5.74, 6) is 0. The lowest BCUT2D eigenvalue weighted by atomic mass is 10.1. The van der Waals surface area contributed by atoms with Crippen molar-refractivity contribution < 1.29 is 9.53 Å². The van der Waals surface area contributed by atoms with Gasteiger partial charge in [-0.2, -0.15) is 0 Å². The molecule has 1 atom stereocenters. The number of amides is 2. The monoisotopic (exact) mass is 439 g/mol. The number of fused-ring (bicyclic) bond motifs is 1. The number of nitrogens with zero attached hydrogens (tertiary/aromatic N) is 1. The Bertz CT molecular complexity index is 1140. The van der Waals surface area contributed by atoms with Gasteiger partial charge in [0.05, 0.1) is 23.4 Å². The van der Waals surface area contributed by atoms with Crippen molar-refractivity contribution in [3.8, 4) is 0 Å². The molecule has 0 radical (unpaired) electrons. The predicted molar refractivity (Wildman–Crippen MR) is 124 cm³/mol. The number of ether oxygens (including phenoxy) is 1. The summed E-state index contributed by atoms with van der Waals surface area (Å²) in [5, 5.41) is 4.28. The summed E-state index contributed by atoms with van der Waals surface area (Å²) in [4.78, 5) is 30.4. The van der Waals surface area contributed by atoms with Crippen LogP contribution >= 0.6 is 11.6 Å². The number of urea groups is 1. The SMILES string of the molecule is CCc1ccc2[nH]c(=O)c(CN(C[C@H]3CCCO3)C(=O)Nc3ccccc3Cl)cc2c1. The number of carbonyl (C=O) groups is 1. The zero-order chi connectivity index (χ0) is 21.8. The molecule has 6 nitrogen and oxygen atoms in total. The van der Waals surface area contributed by atoms with Gasteiger partial charge in [-0.1, -0.05) is 36.7 Å². The van der Waals surface area contributed by atoms with Gasteiger partial charge in [0.2, 0.25) is 0 Å². The van der Waals surface area contributed by atoms with Gasteiger partial charge >= 0.3 is 6.03 Å². The molecule has 0 unspecified atom stereocenters. The lowest BCUT2D eigenvalue weighted by Crippen LogP contribution is -2.40. The normalized spacial score (nSPS) is 15.9. The number of hydrogen-bond acceptors (Lipinski definition) is 3. The van der Waals surface area contributed by atoms with Gasteiger partial charge < -0.3 is 19.9 Å². The van der Waals surface area contributed by atoms with Gasteiger partial charge in [0.1, 0.15) is 0 Å². The first-order valence-corrected chi connectivity index (χ1v) is 11.0. The second-order valence-electron chi connectivity index (χ2n) is 7.82. The standard InChI is InChI=1S/C24H26ClN3O3/c1-2-16-9-10-21-17(12-16)13-18(23(29)26-21)14-28(15-19-6-5-11-31-19)24(30)27-22-8-4-3-7-20(22)25/h3-4,7-10,12-13,19H,2,5-6,11,14-15H2,1H3,(H,26,29)(H,27,30)/t19-/m1/s1. The van der Waals surface area contributed by atoms with Crippen LogP contribution in [0.2, 0.25) is 5.02 Å². The Morgan fingerprint density at radius 3 is 2.84 bits per heavy atom. The number of H-pyrrole nitrogens is 1. The number of aromatic amines is 1. The van der Waals surface area contributed by atoms with Gasteiger partial charge in [-0.3, -0.25) is 4.79 Å². The van der Waals surface area contributed by atoms with E-state index in [1.54, 1.807) is 23.1 Å². The predicted octanol–water partition coefficient (Wildman–Crippen LogP) is 4.96. The molecule has 0 aliphatic carbocycles. The molecule has 162 valence electrons. The Labute approximate surface area is 186 Å². The lowest BCUT2D eigenvalue weighted by molar-refractivity contribution is 0.0818. The number of carbonyl (C=O) groups excluding carboxylic acids is 1. The third kappa shape index (κ3) is 5.09. The number of aromatic nitrogens is 1. The second kappa shape index (κ2) is 9.54. The zero-order valence-electron chi connectivity index (χ0n) is 17.5. The first-order chi connectivity index (χ1) is 15.0. The van der Waals surface area contributed by atoms with Crippen LogP contribution in [-0.2, 0) is 17.7 Å². The van der Waals surface area contributed by atoms with Gasteiger partial charge in [-0.25, -0.2) is 4.79 Å². The van der Waals surface area contributed by atoms with E-state index in [1.807, 2.05) is 24.3 Å². The van der Waals surface area contributed by atoms with E-state index in [-0.39, 0.29) is 24.2 Å². The highest BCUT2D eigenvalue weighted by Gasteiger charge is 2.24. The minimum Gasteiger partial charge on any atom is -0.376 e. The molecule has 31 heavy (non-hydrogen) atoms. The molecule has 1 fully saturated rings. The Morgan fingerprint density at radius 2 is 2.10 bits per heavy atom. The van der Waals surface area contributed by atoms with E-state index in [0.29, 0.717) is 29.4 Å². The number of pyridine rings is 1. The van der Waals surface area contributed by atoms with Crippen LogP contribution < -0.4 is 10.9 Å². The van der Waals surface area contributed by atoms with Gasteiger partial charge in [0.25, 0.3) is 5.56 Å². The van der Waals surface area contributed by atoms with E-state index in [2.05, 4.69) is 23.3 Å². The number of aryl methyl sites for hydroxylation is 1. The number of halogens is 1. The molecule has 1 aliphatic heterocycles. The minimum atomic E-state index is -0.314. The van der Waals surface area contributed by atoms with E-state index in [9.17, 15) is 9.59 Å². The van der Waals surface area contributed by atoms with Crippen molar-refractivity contribution >= 4 is 34.2 Å². The summed E-state index contributed by atoms with van der Waals surface area (Å²) in [7, 11) is 0. The maximum absolute atomic E-state index is 13.1. The number of anilines is 1. The summed E-state index contributed by atoms with van der Waals surface area (Å²) in [6.07, 6.45) is 2.74. The quantitative estimate of drug-likeness (QED) is 0.570. The first kappa shape index (κ1) is 21.4. The summed E-state index contributed by atoms with van der Waals surface area (Å²) >= 11 is 6.21. The van der Waals surface area contributed by atoms with Crippen LogP contribution in [0.25, 0.3) is 10.9 Å².